The lowest BCUT2D eigenvalue weighted by Gasteiger charge is -2.09. The third kappa shape index (κ3) is 3.39. The van der Waals surface area contributed by atoms with Gasteiger partial charge in [0, 0.05) is 11.6 Å². The number of nitrogens with one attached hydrogen (secondary N) is 1. The van der Waals surface area contributed by atoms with Crippen LogP contribution in [0.15, 0.2) is 59.5 Å². The van der Waals surface area contributed by atoms with E-state index in [0.29, 0.717) is 5.52 Å². The third-order valence-corrected chi connectivity index (χ3v) is 4.89. The fourth-order valence-corrected chi connectivity index (χ4v) is 3.02. The van der Waals surface area contributed by atoms with Crippen molar-refractivity contribution in [2.24, 2.45) is 0 Å². The molecule has 0 saturated carbocycles. The molecular formula is C17H13ClN2O3S. The molecule has 0 aliphatic carbocycles. The number of anilines is 1. The largest absolute Gasteiger partial charge is 0.319 e. The van der Waals surface area contributed by atoms with Crippen LogP contribution in [0.1, 0.15) is 10.5 Å². The Bertz CT molecular complexity index is 1050. The highest BCUT2D eigenvalue weighted by Crippen LogP contribution is 2.26. The number of aromatic nitrogens is 1. The number of benzene rings is 2. The van der Waals surface area contributed by atoms with Crippen LogP contribution in [0.3, 0.4) is 0 Å². The third-order valence-electron chi connectivity index (χ3n) is 3.45. The molecule has 0 saturated heterocycles. The summed E-state index contributed by atoms with van der Waals surface area (Å²) in [5.41, 5.74) is 1.13. The highest BCUT2D eigenvalue weighted by Gasteiger charge is 2.14. The van der Waals surface area contributed by atoms with Crippen LogP contribution in [0.5, 0.6) is 0 Å². The summed E-state index contributed by atoms with van der Waals surface area (Å²) in [5, 5.41) is 3.78. The molecule has 3 aromatic rings. The first-order chi connectivity index (χ1) is 11.3. The summed E-state index contributed by atoms with van der Waals surface area (Å²) in [6, 6.07) is 15.0. The van der Waals surface area contributed by atoms with E-state index in [1.54, 1.807) is 12.1 Å². The summed E-state index contributed by atoms with van der Waals surface area (Å²) in [7, 11) is -3.40. The van der Waals surface area contributed by atoms with Gasteiger partial charge in [-0.05, 0) is 30.3 Å². The summed E-state index contributed by atoms with van der Waals surface area (Å²) >= 11 is 6.04. The van der Waals surface area contributed by atoms with Crippen LogP contribution in [-0.2, 0) is 9.84 Å². The van der Waals surface area contributed by atoms with Crippen LogP contribution in [0, 0.1) is 0 Å². The van der Waals surface area contributed by atoms with E-state index < -0.39 is 15.7 Å². The number of sulfone groups is 1. The van der Waals surface area contributed by atoms with Gasteiger partial charge in [-0.2, -0.15) is 0 Å². The number of nitrogens with zero attached hydrogens (tertiary/aromatic N) is 1. The number of carbonyl (C=O) groups is 1. The van der Waals surface area contributed by atoms with Crippen LogP contribution >= 0.6 is 11.6 Å². The molecule has 0 fully saturated rings. The van der Waals surface area contributed by atoms with Gasteiger partial charge in [0.05, 0.1) is 21.1 Å². The van der Waals surface area contributed by atoms with Crippen molar-refractivity contribution in [2.75, 3.05) is 11.6 Å². The average Bonchev–Trinajstić information content (AvgIpc) is 2.55. The number of para-hydroxylation sites is 1. The number of carbonyl (C=O) groups excluding carboxylic acids is 1. The van der Waals surface area contributed by atoms with E-state index in [0.717, 1.165) is 11.6 Å². The molecule has 24 heavy (non-hydrogen) atoms. The Kier molecular flexibility index (Phi) is 4.26. The van der Waals surface area contributed by atoms with Crippen LogP contribution in [-0.4, -0.2) is 25.6 Å². The lowest BCUT2D eigenvalue weighted by Crippen LogP contribution is -2.14. The molecule has 5 nitrogen and oxygen atoms in total. The van der Waals surface area contributed by atoms with Crippen LogP contribution in [0.4, 0.5) is 5.69 Å². The molecule has 0 aliphatic rings. The molecule has 0 bridgehead atoms. The molecule has 0 radical (unpaired) electrons. The minimum absolute atomic E-state index is 0.0775. The second kappa shape index (κ2) is 6.22. The number of fused-ring (bicyclic) bond motifs is 1. The van der Waals surface area contributed by atoms with E-state index >= 15 is 0 Å². The number of halogens is 1. The first-order valence-electron chi connectivity index (χ1n) is 7.01. The van der Waals surface area contributed by atoms with Crippen LogP contribution < -0.4 is 5.32 Å². The maximum atomic E-state index is 12.4. The molecule has 0 atom stereocenters. The predicted molar refractivity (Wildman–Crippen MR) is 94.3 cm³/mol. The molecule has 1 amide bonds. The zero-order chi connectivity index (χ0) is 17.3. The molecular weight excluding hydrogens is 348 g/mol. The Balaban J connectivity index is 1.93. The van der Waals surface area contributed by atoms with E-state index in [1.165, 1.54) is 18.2 Å². The van der Waals surface area contributed by atoms with Crippen molar-refractivity contribution in [3.63, 3.8) is 0 Å². The fraction of sp³-hybridized carbons (Fsp3) is 0.0588. The topological polar surface area (TPSA) is 76.1 Å². The zero-order valence-electron chi connectivity index (χ0n) is 12.7. The van der Waals surface area contributed by atoms with E-state index in [2.05, 4.69) is 10.3 Å². The van der Waals surface area contributed by atoms with E-state index in [4.69, 9.17) is 11.6 Å². The van der Waals surface area contributed by atoms with Crippen molar-refractivity contribution in [3.8, 4) is 0 Å². The van der Waals surface area contributed by atoms with Gasteiger partial charge in [-0.15, -0.1) is 0 Å². The quantitative estimate of drug-likeness (QED) is 0.775. The maximum Gasteiger partial charge on any atom is 0.274 e. The van der Waals surface area contributed by atoms with Crippen LogP contribution in [0.2, 0.25) is 5.02 Å². The summed E-state index contributed by atoms with van der Waals surface area (Å²) in [6.45, 7) is 0. The molecule has 7 heteroatoms. The molecule has 1 aromatic heterocycles. The van der Waals surface area contributed by atoms with Gasteiger partial charge in [0.25, 0.3) is 5.91 Å². The van der Waals surface area contributed by atoms with Crippen molar-refractivity contribution < 1.29 is 13.2 Å². The normalized spacial score (nSPS) is 11.4. The molecule has 2 aromatic carbocycles. The minimum atomic E-state index is -3.40. The number of hydrogen-bond acceptors (Lipinski definition) is 4. The second-order valence-electron chi connectivity index (χ2n) is 5.26. The number of rotatable bonds is 3. The Hall–Kier alpha value is -2.44. The first kappa shape index (κ1) is 16.4. The van der Waals surface area contributed by atoms with Gasteiger partial charge in [0.15, 0.2) is 9.84 Å². The van der Waals surface area contributed by atoms with Crippen molar-refractivity contribution in [1.82, 2.24) is 4.98 Å². The smallest absolute Gasteiger partial charge is 0.274 e. The second-order valence-corrected chi connectivity index (χ2v) is 7.68. The Morgan fingerprint density at radius 3 is 2.58 bits per heavy atom. The SMILES string of the molecule is CS(=O)(=O)c1ccc(Cl)c(NC(=O)c2ccc3ccccc3n2)c1. The van der Waals surface area contributed by atoms with Crippen molar-refractivity contribution in [3.05, 3.63) is 65.3 Å². The molecule has 0 aliphatic heterocycles. The number of pyridine rings is 1. The Morgan fingerprint density at radius 1 is 1.08 bits per heavy atom. The maximum absolute atomic E-state index is 12.4. The van der Waals surface area contributed by atoms with E-state index in [-0.39, 0.29) is 21.3 Å². The Morgan fingerprint density at radius 2 is 1.83 bits per heavy atom. The van der Waals surface area contributed by atoms with Gasteiger partial charge >= 0.3 is 0 Å². The Labute approximate surface area is 144 Å². The summed E-state index contributed by atoms with van der Waals surface area (Å²) in [6.07, 6.45) is 1.09. The van der Waals surface area contributed by atoms with Crippen LogP contribution in [0.25, 0.3) is 10.9 Å². The monoisotopic (exact) mass is 360 g/mol. The summed E-state index contributed by atoms with van der Waals surface area (Å²) in [4.78, 5) is 16.8. The molecule has 0 spiro atoms. The van der Waals surface area contributed by atoms with Crippen molar-refractivity contribution in [1.29, 1.82) is 0 Å². The number of amides is 1. The highest BCUT2D eigenvalue weighted by atomic mass is 35.5. The fourth-order valence-electron chi connectivity index (χ4n) is 2.21. The van der Waals surface area contributed by atoms with Gasteiger partial charge in [-0.1, -0.05) is 35.9 Å². The van der Waals surface area contributed by atoms with Gasteiger partial charge in [0.2, 0.25) is 0 Å². The van der Waals surface area contributed by atoms with Gasteiger partial charge in [-0.25, -0.2) is 13.4 Å². The van der Waals surface area contributed by atoms with Gasteiger partial charge in [0.1, 0.15) is 5.69 Å². The zero-order valence-corrected chi connectivity index (χ0v) is 14.2. The molecule has 1 heterocycles. The van der Waals surface area contributed by atoms with Gasteiger partial charge < -0.3 is 5.32 Å². The lowest BCUT2D eigenvalue weighted by molar-refractivity contribution is 0.102. The number of hydrogen-bond donors (Lipinski definition) is 1. The van der Waals surface area contributed by atoms with Gasteiger partial charge in [-0.3, -0.25) is 4.79 Å². The summed E-state index contributed by atoms with van der Waals surface area (Å²) in [5.74, 6) is -0.465. The lowest BCUT2D eigenvalue weighted by atomic mass is 10.2. The average molecular weight is 361 g/mol. The van der Waals surface area contributed by atoms with E-state index in [1.807, 2.05) is 24.3 Å². The standard InChI is InChI=1S/C17H13ClN2O3S/c1-24(22,23)12-7-8-13(18)16(10-12)20-17(21)15-9-6-11-4-2-3-5-14(11)19-15/h2-10H,1H3,(H,20,21). The minimum Gasteiger partial charge on any atom is -0.319 e. The molecule has 122 valence electrons. The predicted octanol–water partition coefficient (Wildman–Crippen LogP) is 3.54. The molecule has 1 N–H and O–H groups in total. The molecule has 0 unspecified atom stereocenters. The first-order valence-corrected chi connectivity index (χ1v) is 9.28. The molecule has 3 rings (SSSR count). The highest BCUT2D eigenvalue weighted by molar-refractivity contribution is 7.90. The summed E-state index contributed by atoms with van der Waals surface area (Å²) < 4.78 is 23.3. The van der Waals surface area contributed by atoms with Crippen molar-refractivity contribution >= 4 is 43.9 Å². The van der Waals surface area contributed by atoms with E-state index in [9.17, 15) is 13.2 Å². The van der Waals surface area contributed by atoms with Crippen molar-refractivity contribution in [2.45, 2.75) is 4.90 Å².